The lowest BCUT2D eigenvalue weighted by Crippen LogP contribution is -2.40. The van der Waals surface area contributed by atoms with Crippen LogP contribution in [0.2, 0.25) is 0 Å². The van der Waals surface area contributed by atoms with E-state index in [1.165, 1.54) is 6.20 Å². The van der Waals surface area contributed by atoms with Crippen LogP contribution in [-0.2, 0) is 16.4 Å². The van der Waals surface area contributed by atoms with Gasteiger partial charge in [0.15, 0.2) is 5.03 Å². The molecule has 0 aromatic carbocycles. The van der Waals surface area contributed by atoms with E-state index in [9.17, 15) is 13.5 Å². The smallest absolute Gasteiger partial charge is 0.257 e. The number of aromatic nitrogens is 2. The Kier molecular flexibility index (Phi) is 3.74. The normalized spacial score (nSPS) is 19.2. The molecule has 0 radical (unpaired) electrons. The molecule has 102 valence electrons. The predicted octanol–water partition coefficient (Wildman–Crippen LogP) is 0.555. The first-order valence-electron chi connectivity index (χ1n) is 6.21. The number of hydrogen-bond acceptors (Lipinski definition) is 4. The number of aliphatic hydroxyl groups is 1. The van der Waals surface area contributed by atoms with Crippen LogP contribution in [0.15, 0.2) is 11.2 Å². The number of rotatable bonds is 5. The molecule has 1 aliphatic carbocycles. The summed E-state index contributed by atoms with van der Waals surface area (Å²) in [6.45, 7) is 1.96. The van der Waals surface area contributed by atoms with E-state index in [1.807, 2.05) is 6.92 Å². The Morgan fingerprint density at radius 1 is 1.50 bits per heavy atom. The van der Waals surface area contributed by atoms with E-state index in [1.54, 1.807) is 0 Å². The zero-order chi connectivity index (χ0) is 13.2. The summed E-state index contributed by atoms with van der Waals surface area (Å²) in [5, 5.41) is 10.2. The van der Waals surface area contributed by atoms with Gasteiger partial charge in [0.25, 0.3) is 10.0 Å². The molecule has 7 heteroatoms. The molecule has 3 N–H and O–H groups in total. The largest absolute Gasteiger partial charge is 0.389 e. The van der Waals surface area contributed by atoms with E-state index in [4.69, 9.17) is 0 Å². The second-order valence-electron chi connectivity index (χ2n) is 4.80. The summed E-state index contributed by atoms with van der Waals surface area (Å²) in [6, 6.07) is 0. The summed E-state index contributed by atoms with van der Waals surface area (Å²) in [4.78, 5) is 6.71. The van der Waals surface area contributed by atoms with E-state index in [0.717, 1.165) is 12.8 Å². The highest BCUT2D eigenvalue weighted by atomic mass is 32.2. The number of H-pyrrole nitrogens is 1. The lowest BCUT2D eigenvalue weighted by molar-refractivity contribution is 0.0531. The quantitative estimate of drug-likeness (QED) is 0.730. The highest BCUT2D eigenvalue weighted by Gasteiger charge is 2.32. The van der Waals surface area contributed by atoms with Crippen molar-refractivity contribution in [3.63, 3.8) is 0 Å². The van der Waals surface area contributed by atoms with Crippen molar-refractivity contribution < 1.29 is 13.5 Å². The zero-order valence-corrected chi connectivity index (χ0v) is 11.3. The first kappa shape index (κ1) is 13.5. The highest BCUT2D eigenvalue weighted by molar-refractivity contribution is 7.89. The van der Waals surface area contributed by atoms with Gasteiger partial charge in [-0.05, 0) is 12.8 Å². The van der Waals surface area contributed by atoms with Gasteiger partial charge in [-0.25, -0.2) is 18.1 Å². The number of nitrogens with one attached hydrogen (secondary N) is 2. The van der Waals surface area contributed by atoms with Crippen molar-refractivity contribution in [2.24, 2.45) is 0 Å². The molecular weight excluding hydrogens is 254 g/mol. The van der Waals surface area contributed by atoms with Crippen molar-refractivity contribution in [3.8, 4) is 0 Å². The maximum atomic E-state index is 12.0. The second-order valence-corrected chi connectivity index (χ2v) is 6.54. The number of nitrogens with zero attached hydrogens (tertiary/aromatic N) is 1. The average molecular weight is 273 g/mol. The van der Waals surface area contributed by atoms with E-state index in [-0.39, 0.29) is 11.6 Å². The summed E-state index contributed by atoms with van der Waals surface area (Å²) in [7, 11) is -3.60. The third-order valence-electron chi connectivity index (χ3n) is 3.36. The first-order valence-corrected chi connectivity index (χ1v) is 7.69. The van der Waals surface area contributed by atoms with Gasteiger partial charge in [0.1, 0.15) is 5.82 Å². The first-order chi connectivity index (χ1) is 8.45. The maximum absolute atomic E-state index is 12.0. The number of sulfonamides is 1. The van der Waals surface area contributed by atoms with Crippen LogP contribution >= 0.6 is 0 Å². The fourth-order valence-corrected chi connectivity index (χ4v) is 3.23. The molecule has 1 heterocycles. The molecule has 6 nitrogen and oxygen atoms in total. The lowest BCUT2D eigenvalue weighted by atomic mass is 10.0. The Balaban J connectivity index is 2.03. The van der Waals surface area contributed by atoms with Crippen molar-refractivity contribution in [1.29, 1.82) is 0 Å². The second kappa shape index (κ2) is 4.99. The van der Waals surface area contributed by atoms with Gasteiger partial charge in [-0.15, -0.1) is 0 Å². The minimum absolute atomic E-state index is 0.0564. The van der Waals surface area contributed by atoms with Gasteiger partial charge >= 0.3 is 0 Å². The van der Waals surface area contributed by atoms with Crippen molar-refractivity contribution in [3.05, 3.63) is 12.0 Å². The molecule has 1 fully saturated rings. The highest BCUT2D eigenvalue weighted by Crippen LogP contribution is 2.28. The molecule has 0 unspecified atom stereocenters. The summed E-state index contributed by atoms with van der Waals surface area (Å²) >= 11 is 0. The topological polar surface area (TPSA) is 95.1 Å². The van der Waals surface area contributed by atoms with E-state index in [0.29, 0.717) is 25.1 Å². The Morgan fingerprint density at radius 2 is 2.17 bits per heavy atom. The van der Waals surface area contributed by atoms with Gasteiger partial charge in [-0.1, -0.05) is 19.8 Å². The Labute approximate surface area is 107 Å². The van der Waals surface area contributed by atoms with E-state index < -0.39 is 15.6 Å². The molecule has 2 rings (SSSR count). The van der Waals surface area contributed by atoms with Gasteiger partial charge in [0, 0.05) is 13.0 Å². The van der Waals surface area contributed by atoms with Crippen molar-refractivity contribution in [1.82, 2.24) is 14.7 Å². The Hall–Kier alpha value is -0.920. The molecule has 18 heavy (non-hydrogen) atoms. The van der Waals surface area contributed by atoms with Gasteiger partial charge in [-0.2, -0.15) is 0 Å². The molecule has 1 aromatic rings. The summed E-state index contributed by atoms with van der Waals surface area (Å²) in [5.74, 6) is 0.634. The summed E-state index contributed by atoms with van der Waals surface area (Å²) in [5.41, 5.74) is -0.888. The van der Waals surface area contributed by atoms with Crippen LogP contribution in [0.25, 0.3) is 0 Å². The van der Waals surface area contributed by atoms with Gasteiger partial charge in [0.2, 0.25) is 0 Å². The SMILES string of the molecule is CCc1ncc(S(=O)(=O)NCC2(O)CCCC2)[nH]1. The van der Waals surface area contributed by atoms with Gasteiger partial charge < -0.3 is 10.1 Å². The maximum Gasteiger partial charge on any atom is 0.257 e. The van der Waals surface area contributed by atoms with Crippen LogP contribution in [0.5, 0.6) is 0 Å². The molecule has 0 aliphatic heterocycles. The fourth-order valence-electron chi connectivity index (χ4n) is 2.18. The molecule has 0 saturated heterocycles. The molecule has 0 bridgehead atoms. The number of hydrogen-bond donors (Lipinski definition) is 3. The average Bonchev–Trinajstić information content (AvgIpc) is 2.96. The molecule has 0 amide bonds. The Morgan fingerprint density at radius 3 is 2.72 bits per heavy atom. The molecule has 0 atom stereocenters. The third-order valence-corrected chi connectivity index (χ3v) is 4.67. The fraction of sp³-hybridized carbons (Fsp3) is 0.727. The standard InChI is InChI=1S/C11H19N3O3S/c1-2-9-12-7-10(14-9)18(16,17)13-8-11(15)5-3-4-6-11/h7,13,15H,2-6,8H2,1H3,(H,12,14). The molecule has 0 spiro atoms. The molecule has 1 aliphatic rings. The summed E-state index contributed by atoms with van der Waals surface area (Å²) in [6.07, 6.45) is 5.15. The van der Waals surface area contributed by atoms with Crippen molar-refractivity contribution in [2.45, 2.75) is 49.7 Å². The number of aromatic amines is 1. The van der Waals surface area contributed by atoms with Crippen LogP contribution in [0.4, 0.5) is 0 Å². The monoisotopic (exact) mass is 273 g/mol. The van der Waals surface area contributed by atoms with Crippen LogP contribution in [-0.4, -0.2) is 35.6 Å². The number of imidazole rings is 1. The van der Waals surface area contributed by atoms with Crippen LogP contribution in [0.1, 0.15) is 38.4 Å². The van der Waals surface area contributed by atoms with Crippen LogP contribution in [0.3, 0.4) is 0 Å². The van der Waals surface area contributed by atoms with Crippen molar-refractivity contribution >= 4 is 10.0 Å². The summed E-state index contributed by atoms with van der Waals surface area (Å²) < 4.78 is 26.4. The van der Waals surface area contributed by atoms with Crippen LogP contribution < -0.4 is 4.72 Å². The minimum Gasteiger partial charge on any atom is -0.389 e. The Bertz CT molecular complexity index is 503. The van der Waals surface area contributed by atoms with Gasteiger partial charge in [-0.3, -0.25) is 0 Å². The van der Waals surface area contributed by atoms with E-state index in [2.05, 4.69) is 14.7 Å². The van der Waals surface area contributed by atoms with Crippen molar-refractivity contribution in [2.75, 3.05) is 6.54 Å². The van der Waals surface area contributed by atoms with E-state index >= 15 is 0 Å². The lowest BCUT2D eigenvalue weighted by Gasteiger charge is -2.21. The predicted molar refractivity (Wildman–Crippen MR) is 66.6 cm³/mol. The van der Waals surface area contributed by atoms with Crippen LogP contribution in [0, 0.1) is 0 Å². The number of aryl methyl sites for hydroxylation is 1. The minimum atomic E-state index is -3.60. The molecular formula is C11H19N3O3S. The molecule has 1 saturated carbocycles. The third kappa shape index (κ3) is 2.90. The van der Waals surface area contributed by atoms with Gasteiger partial charge in [0.05, 0.1) is 11.8 Å². The molecule has 1 aromatic heterocycles. The zero-order valence-electron chi connectivity index (χ0n) is 10.4.